The van der Waals surface area contributed by atoms with Crippen LogP contribution in [0.3, 0.4) is 0 Å². The van der Waals surface area contributed by atoms with Crippen molar-refractivity contribution in [1.29, 1.82) is 0 Å². The number of ether oxygens (including phenoxy) is 2. The van der Waals surface area contributed by atoms with Crippen molar-refractivity contribution >= 4 is 17.5 Å². The number of carbonyl (C=O) groups excluding carboxylic acids is 2. The van der Waals surface area contributed by atoms with Gasteiger partial charge in [-0.2, -0.15) is 0 Å². The van der Waals surface area contributed by atoms with Crippen LogP contribution in [0.4, 0.5) is 0 Å². The van der Waals surface area contributed by atoms with Crippen LogP contribution in [-0.4, -0.2) is 30.7 Å². The highest BCUT2D eigenvalue weighted by atomic mass is 16.5. The maximum Gasteiger partial charge on any atom is 0.336 e. The summed E-state index contributed by atoms with van der Waals surface area (Å²) in [5.41, 5.74) is 2.59. The maximum atomic E-state index is 13.3. The molecule has 0 amide bonds. The van der Waals surface area contributed by atoms with E-state index in [0.29, 0.717) is 30.0 Å². The summed E-state index contributed by atoms with van der Waals surface area (Å²) in [6.45, 7) is 12.3. The van der Waals surface area contributed by atoms with Crippen LogP contribution in [0.15, 0.2) is 53.2 Å². The summed E-state index contributed by atoms with van der Waals surface area (Å²) in [4.78, 5) is 31.1. The number of hydrogen-bond donors (Lipinski definition) is 0. The Balaban J connectivity index is 2.16. The third-order valence-electron chi connectivity index (χ3n) is 5.63. The lowest BCUT2D eigenvalue weighted by atomic mass is 9.63. The van der Waals surface area contributed by atoms with E-state index >= 15 is 0 Å². The second-order valence-corrected chi connectivity index (χ2v) is 8.82. The van der Waals surface area contributed by atoms with Gasteiger partial charge in [-0.3, -0.25) is 9.79 Å². The van der Waals surface area contributed by atoms with Gasteiger partial charge < -0.3 is 9.47 Å². The Morgan fingerprint density at radius 2 is 2.00 bits per heavy atom. The highest BCUT2D eigenvalue weighted by Gasteiger charge is 2.48. The SMILES string of the molecule is C=CCOC(=O)C1=C(C)N=C2CC(C)(C)CC(=O)C2[C@H]1c1ccccc1OCCC. The van der Waals surface area contributed by atoms with Gasteiger partial charge in [0.25, 0.3) is 0 Å². The maximum absolute atomic E-state index is 13.3. The molecule has 0 saturated heterocycles. The molecule has 30 heavy (non-hydrogen) atoms. The Morgan fingerprint density at radius 3 is 2.70 bits per heavy atom. The van der Waals surface area contributed by atoms with Gasteiger partial charge >= 0.3 is 5.97 Å². The van der Waals surface area contributed by atoms with E-state index in [-0.39, 0.29) is 17.8 Å². The summed E-state index contributed by atoms with van der Waals surface area (Å²) >= 11 is 0. The first kappa shape index (κ1) is 22.0. The number of Topliss-reactive ketones (excluding diaryl/α,β-unsaturated/α-hetero) is 1. The normalized spacial score (nSPS) is 22.8. The van der Waals surface area contributed by atoms with Crippen molar-refractivity contribution in [3.8, 4) is 5.75 Å². The Bertz CT molecular complexity index is 909. The number of benzene rings is 1. The first-order valence-corrected chi connectivity index (χ1v) is 10.6. The predicted octanol–water partition coefficient (Wildman–Crippen LogP) is 5.02. The van der Waals surface area contributed by atoms with Crippen molar-refractivity contribution in [2.45, 2.75) is 52.9 Å². The summed E-state index contributed by atoms with van der Waals surface area (Å²) in [6.07, 6.45) is 3.59. The highest BCUT2D eigenvalue weighted by molar-refractivity contribution is 6.12. The van der Waals surface area contributed by atoms with Gasteiger partial charge in [0, 0.05) is 29.3 Å². The first-order valence-electron chi connectivity index (χ1n) is 10.6. The standard InChI is InChI=1S/C25H31NO4/c1-6-12-29-20-11-9-8-10-17(20)22-21(24(28)30-13-7-2)16(3)26-18-14-25(4,5)15-19(27)23(18)22/h7-11,22-23H,2,6,12-15H2,1,3-5H3/t22-,23?/m0/s1. The second-order valence-electron chi connectivity index (χ2n) is 8.82. The average Bonchev–Trinajstić information content (AvgIpc) is 2.68. The van der Waals surface area contributed by atoms with Crippen molar-refractivity contribution in [2.24, 2.45) is 16.3 Å². The van der Waals surface area contributed by atoms with Gasteiger partial charge in [0.2, 0.25) is 0 Å². The van der Waals surface area contributed by atoms with E-state index in [0.717, 1.165) is 24.1 Å². The van der Waals surface area contributed by atoms with Crippen molar-refractivity contribution < 1.29 is 19.1 Å². The van der Waals surface area contributed by atoms with Crippen molar-refractivity contribution in [2.75, 3.05) is 13.2 Å². The van der Waals surface area contributed by atoms with E-state index in [2.05, 4.69) is 20.4 Å². The van der Waals surface area contributed by atoms with E-state index in [1.54, 1.807) is 0 Å². The van der Waals surface area contributed by atoms with Crippen LogP contribution in [0.2, 0.25) is 0 Å². The molecule has 2 atom stereocenters. The van der Waals surface area contributed by atoms with E-state index in [1.165, 1.54) is 6.08 Å². The monoisotopic (exact) mass is 409 g/mol. The van der Waals surface area contributed by atoms with E-state index < -0.39 is 17.8 Å². The number of rotatable bonds is 7. The number of esters is 1. The van der Waals surface area contributed by atoms with Crippen LogP contribution in [0.1, 0.15) is 58.4 Å². The van der Waals surface area contributed by atoms with Gasteiger partial charge in [-0.15, -0.1) is 0 Å². The molecule has 1 aliphatic carbocycles. The summed E-state index contributed by atoms with van der Waals surface area (Å²) in [5.74, 6) is -0.583. The van der Waals surface area contributed by atoms with Crippen LogP contribution < -0.4 is 4.74 Å². The van der Waals surface area contributed by atoms with Crippen LogP contribution in [0.5, 0.6) is 5.75 Å². The highest BCUT2D eigenvalue weighted by Crippen LogP contribution is 2.48. The number of nitrogens with zero attached hydrogens (tertiary/aromatic N) is 1. The lowest BCUT2D eigenvalue weighted by Gasteiger charge is -2.41. The molecule has 160 valence electrons. The van der Waals surface area contributed by atoms with Gasteiger partial charge in [0.15, 0.2) is 0 Å². The number of aliphatic imine (C=N–C) groups is 1. The molecule has 1 saturated carbocycles. The number of ketones is 1. The molecule has 1 unspecified atom stereocenters. The smallest absolute Gasteiger partial charge is 0.336 e. The van der Waals surface area contributed by atoms with Gasteiger partial charge in [-0.05, 0) is 31.2 Å². The van der Waals surface area contributed by atoms with E-state index in [4.69, 9.17) is 14.5 Å². The Hall–Kier alpha value is -2.69. The van der Waals surface area contributed by atoms with Crippen molar-refractivity contribution in [1.82, 2.24) is 0 Å². The zero-order valence-corrected chi connectivity index (χ0v) is 18.4. The number of para-hydroxylation sites is 1. The van der Waals surface area contributed by atoms with Crippen LogP contribution in [0, 0.1) is 11.3 Å². The summed E-state index contributed by atoms with van der Waals surface area (Å²) in [5, 5.41) is 0. The molecule has 1 aromatic carbocycles. The molecule has 0 spiro atoms. The molecular weight excluding hydrogens is 378 g/mol. The first-order chi connectivity index (χ1) is 14.3. The zero-order valence-electron chi connectivity index (χ0n) is 18.4. The van der Waals surface area contributed by atoms with Gasteiger partial charge in [-0.25, -0.2) is 4.79 Å². The lowest BCUT2D eigenvalue weighted by Crippen LogP contribution is -2.44. The fraction of sp³-hybridized carbons (Fsp3) is 0.480. The third kappa shape index (κ3) is 4.40. The van der Waals surface area contributed by atoms with Crippen molar-refractivity contribution in [3.63, 3.8) is 0 Å². The summed E-state index contributed by atoms with van der Waals surface area (Å²) < 4.78 is 11.4. The zero-order chi connectivity index (χ0) is 21.9. The minimum Gasteiger partial charge on any atom is -0.493 e. The number of hydrogen-bond acceptors (Lipinski definition) is 5. The molecule has 1 aliphatic heterocycles. The molecular formula is C25H31NO4. The van der Waals surface area contributed by atoms with E-state index in [9.17, 15) is 9.59 Å². The summed E-state index contributed by atoms with van der Waals surface area (Å²) in [6, 6.07) is 7.67. The Kier molecular flexibility index (Phi) is 6.59. The molecule has 2 aliphatic rings. The van der Waals surface area contributed by atoms with E-state index in [1.807, 2.05) is 38.1 Å². The van der Waals surface area contributed by atoms with Crippen LogP contribution in [-0.2, 0) is 14.3 Å². The molecule has 1 heterocycles. The van der Waals surface area contributed by atoms with Crippen LogP contribution >= 0.6 is 0 Å². The number of carbonyl (C=O) groups is 2. The van der Waals surface area contributed by atoms with Gasteiger partial charge in [0.05, 0.1) is 18.1 Å². The minimum absolute atomic E-state index is 0.110. The topological polar surface area (TPSA) is 65.0 Å². The molecule has 5 nitrogen and oxygen atoms in total. The molecule has 0 bridgehead atoms. The molecule has 5 heteroatoms. The van der Waals surface area contributed by atoms with Gasteiger partial charge in [0.1, 0.15) is 18.1 Å². The number of allylic oxidation sites excluding steroid dienone is 1. The molecule has 0 N–H and O–H groups in total. The third-order valence-corrected chi connectivity index (χ3v) is 5.63. The number of fused-ring (bicyclic) bond motifs is 1. The average molecular weight is 410 g/mol. The lowest BCUT2D eigenvalue weighted by molar-refractivity contribution is -0.138. The second kappa shape index (κ2) is 8.99. The summed E-state index contributed by atoms with van der Waals surface area (Å²) in [7, 11) is 0. The molecule has 1 aromatic rings. The predicted molar refractivity (Wildman–Crippen MR) is 118 cm³/mol. The fourth-order valence-corrected chi connectivity index (χ4v) is 4.49. The molecule has 3 rings (SSSR count). The minimum atomic E-state index is -0.473. The fourth-order valence-electron chi connectivity index (χ4n) is 4.49. The molecule has 0 radical (unpaired) electrons. The Labute approximate surface area is 178 Å². The molecule has 0 aromatic heterocycles. The Morgan fingerprint density at radius 1 is 1.27 bits per heavy atom. The molecule has 1 fully saturated rings. The van der Waals surface area contributed by atoms with Crippen LogP contribution in [0.25, 0.3) is 0 Å². The van der Waals surface area contributed by atoms with Crippen molar-refractivity contribution in [3.05, 3.63) is 53.8 Å². The quantitative estimate of drug-likeness (QED) is 0.468. The van der Waals surface area contributed by atoms with Gasteiger partial charge in [-0.1, -0.05) is 51.6 Å². The largest absolute Gasteiger partial charge is 0.493 e.